The maximum atomic E-state index is 12.4. The van der Waals surface area contributed by atoms with Gasteiger partial charge in [0.15, 0.2) is 0 Å². The van der Waals surface area contributed by atoms with Crippen LogP contribution in [0.15, 0.2) is 48.2 Å². The van der Waals surface area contributed by atoms with E-state index in [2.05, 4.69) is 28.8 Å². The van der Waals surface area contributed by atoms with Crippen LogP contribution in [0.1, 0.15) is 48.1 Å². The van der Waals surface area contributed by atoms with Gasteiger partial charge < -0.3 is 15.7 Å². The summed E-state index contributed by atoms with van der Waals surface area (Å²) in [6.07, 6.45) is 6.21. The van der Waals surface area contributed by atoms with Crippen LogP contribution in [-0.2, 0) is 17.6 Å². The summed E-state index contributed by atoms with van der Waals surface area (Å²) >= 11 is 0. The second kappa shape index (κ2) is 8.62. The number of aryl methyl sites for hydroxylation is 3. The fraction of sp³-hybridized carbons (Fsp3) is 0.304. The minimum Gasteiger partial charge on any atom is -0.508 e. The maximum absolute atomic E-state index is 12.4. The molecule has 3 rings (SSSR count). The monoisotopic (exact) mass is 375 g/mol. The van der Waals surface area contributed by atoms with Gasteiger partial charge in [-0.15, -0.1) is 0 Å². The van der Waals surface area contributed by atoms with Gasteiger partial charge in [0.25, 0.3) is 5.91 Å². The molecule has 0 heterocycles. The number of hydrogen-bond acceptors (Lipinski definition) is 4. The summed E-state index contributed by atoms with van der Waals surface area (Å²) in [5.41, 5.74) is 5.26. The van der Waals surface area contributed by atoms with Crippen molar-refractivity contribution in [3.05, 3.63) is 70.4 Å². The number of nitrogens with one attached hydrogen (secondary N) is 2. The lowest BCUT2D eigenvalue weighted by atomic mass is 9.89. The van der Waals surface area contributed by atoms with Crippen molar-refractivity contribution in [1.29, 1.82) is 5.26 Å². The number of aromatic hydroxyl groups is 1. The predicted octanol–water partition coefficient (Wildman–Crippen LogP) is 4.28. The third kappa shape index (κ3) is 4.52. The van der Waals surface area contributed by atoms with Crippen molar-refractivity contribution in [3.8, 4) is 11.8 Å². The molecule has 2 aromatic rings. The average Bonchev–Trinajstić information content (AvgIpc) is 2.70. The van der Waals surface area contributed by atoms with Gasteiger partial charge in [0.1, 0.15) is 17.4 Å². The van der Waals surface area contributed by atoms with E-state index in [4.69, 9.17) is 0 Å². The first-order valence-electron chi connectivity index (χ1n) is 9.57. The summed E-state index contributed by atoms with van der Waals surface area (Å²) in [7, 11) is 0. The van der Waals surface area contributed by atoms with E-state index in [0.717, 1.165) is 24.0 Å². The van der Waals surface area contributed by atoms with E-state index in [-0.39, 0.29) is 17.4 Å². The normalized spacial score (nSPS) is 14.5. The summed E-state index contributed by atoms with van der Waals surface area (Å²) in [5.74, 6) is -0.353. The Morgan fingerprint density at radius 2 is 1.93 bits per heavy atom. The molecule has 1 aliphatic rings. The number of hydrogen-bond donors (Lipinski definition) is 3. The SMILES string of the molecule is Cc1cc(O)ccc1NC(=O)/C(C#N)=C\NC(C)c1ccc2c(c1)CCCC2. The summed E-state index contributed by atoms with van der Waals surface area (Å²) in [4.78, 5) is 12.4. The first-order valence-corrected chi connectivity index (χ1v) is 9.57. The van der Waals surface area contributed by atoms with Crippen LogP contribution in [0.2, 0.25) is 0 Å². The molecule has 1 unspecified atom stereocenters. The first-order chi connectivity index (χ1) is 13.5. The third-order valence-electron chi connectivity index (χ3n) is 5.17. The predicted molar refractivity (Wildman–Crippen MR) is 110 cm³/mol. The van der Waals surface area contributed by atoms with Crippen LogP contribution in [-0.4, -0.2) is 11.0 Å². The minimum absolute atomic E-state index is 0.00251. The summed E-state index contributed by atoms with van der Waals surface area (Å²) in [5, 5.41) is 24.7. The zero-order valence-electron chi connectivity index (χ0n) is 16.2. The Bertz CT molecular complexity index is 957. The second-order valence-electron chi connectivity index (χ2n) is 7.25. The van der Waals surface area contributed by atoms with Gasteiger partial charge in [0.2, 0.25) is 0 Å². The lowest BCUT2D eigenvalue weighted by Crippen LogP contribution is -2.19. The van der Waals surface area contributed by atoms with Crippen molar-refractivity contribution in [2.75, 3.05) is 5.32 Å². The molecule has 0 saturated heterocycles. The van der Waals surface area contributed by atoms with Crippen molar-refractivity contribution in [2.45, 2.75) is 45.6 Å². The summed E-state index contributed by atoms with van der Waals surface area (Å²) in [6, 6.07) is 13.1. The molecule has 3 N–H and O–H groups in total. The van der Waals surface area contributed by atoms with E-state index < -0.39 is 5.91 Å². The fourth-order valence-corrected chi connectivity index (χ4v) is 3.45. The zero-order valence-corrected chi connectivity index (χ0v) is 16.2. The highest BCUT2D eigenvalue weighted by Crippen LogP contribution is 2.25. The van der Waals surface area contributed by atoms with E-state index in [1.54, 1.807) is 19.1 Å². The van der Waals surface area contributed by atoms with Crippen molar-refractivity contribution in [1.82, 2.24) is 5.32 Å². The number of rotatable bonds is 5. The topological polar surface area (TPSA) is 85.2 Å². The Morgan fingerprint density at radius 3 is 2.64 bits per heavy atom. The molecule has 0 bridgehead atoms. The minimum atomic E-state index is -0.485. The van der Waals surface area contributed by atoms with Crippen LogP contribution in [0.4, 0.5) is 5.69 Å². The highest BCUT2D eigenvalue weighted by Gasteiger charge is 2.14. The van der Waals surface area contributed by atoms with Crippen molar-refractivity contribution >= 4 is 11.6 Å². The molecule has 28 heavy (non-hydrogen) atoms. The lowest BCUT2D eigenvalue weighted by Gasteiger charge is -2.19. The quantitative estimate of drug-likeness (QED) is 0.414. The lowest BCUT2D eigenvalue weighted by molar-refractivity contribution is -0.112. The van der Waals surface area contributed by atoms with E-state index in [1.807, 2.05) is 13.0 Å². The average molecular weight is 375 g/mol. The Hall–Kier alpha value is -3.26. The molecule has 0 radical (unpaired) electrons. The van der Waals surface area contributed by atoms with Crippen LogP contribution >= 0.6 is 0 Å². The number of nitrogens with zero attached hydrogens (tertiary/aromatic N) is 1. The van der Waals surface area contributed by atoms with Crippen LogP contribution in [0.3, 0.4) is 0 Å². The van der Waals surface area contributed by atoms with E-state index in [0.29, 0.717) is 5.69 Å². The number of carbonyl (C=O) groups is 1. The summed E-state index contributed by atoms with van der Waals surface area (Å²) in [6.45, 7) is 3.79. The smallest absolute Gasteiger partial charge is 0.267 e. The zero-order chi connectivity index (χ0) is 20.1. The van der Waals surface area contributed by atoms with Crippen LogP contribution in [0, 0.1) is 18.3 Å². The first kappa shape index (κ1) is 19.5. The van der Waals surface area contributed by atoms with Gasteiger partial charge in [0.05, 0.1) is 0 Å². The number of amides is 1. The summed E-state index contributed by atoms with van der Waals surface area (Å²) < 4.78 is 0. The fourth-order valence-electron chi connectivity index (χ4n) is 3.45. The molecule has 2 aromatic carbocycles. The Kier molecular flexibility index (Phi) is 6.00. The molecule has 144 valence electrons. The Balaban J connectivity index is 1.68. The number of anilines is 1. The van der Waals surface area contributed by atoms with Gasteiger partial charge in [-0.2, -0.15) is 5.26 Å². The molecule has 1 atom stereocenters. The van der Waals surface area contributed by atoms with Gasteiger partial charge in [-0.3, -0.25) is 4.79 Å². The van der Waals surface area contributed by atoms with Gasteiger partial charge >= 0.3 is 0 Å². The molecule has 0 saturated carbocycles. The standard InChI is InChI=1S/C23H25N3O2/c1-15-11-21(27)9-10-22(15)26-23(28)20(13-24)14-25-16(2)18-8-7-17-5-3-4-6-19(17)12-18/h7-12,14,16,25,27H,3-6H2,1-2H3,(H,26,28)/b20-14-. The van der Waals surface area contributed by atoms with Crippen molar-refractivity contribution in [2.24, 2.45) is 0 Å². The number of benzene rings is 2. The third-order valence-corrected chi connectivity index (χ3v) is 5.17. The maximum Gasteiger partial charge on any atom is 0.267 e. The van der Waals surface area contributed by atoms with Gasteiger partial charge in [0, 0.05) is 17.9 Å². The Morgan fingerprint density at radius 1 is 1.18 bits per heavy atom. The molecule has 5 heteroatoms. The number of fused-ring (bicyclic) bond motifs is 1. The van der Waals surface area contributed by atoms with Gasteiger partial charge in [-0.25, -0.2) is 0 Å². The number of carbonyl (C=O) groups excluding carboxylic acids is 1. The molecule has 1 amide bonds. The molecule has 0 aromatic heterocycles. The molecular weight excluding hydrogens is 350 g/mol. The highest BCUT2D eigenvalue weighted by atomic mass is 16.3. The molecular formula is C23H25N3O2. The molecule has 5 nitrogen and oxygen atoms in total. The molecule has 0 spiro atoms. The van der Waals surface area contributed by atoms with E-state index in [9.17, 15) is 15.2 Å². The second-order valence-corrected chi connectivity index (χ2v) is 7.25. The molecule has 0 fully saturated rings. The van der Waals surface area contributed by atoms with Gasteiger partial charge in [-0.05, 0) is 80.0 Å². The number of phenols is 1. The van der Waals surface area contributed by atoms with E-state index in [1.165, 1.54) is 36.2 Å². The van der Waals surface area contributed by atoms with Crippen LogP contribution < -0.4 is 10.6 Å². The van der Waals surface area contributed by atoms with Crippen molar-refractivity contribution < 1.29 is 9.90 Å². The van der Waals surface area contributed by atoms with Gasteiger partial charge in [-0.1, -0.05) is 18.2 Å². The molecule has 1 aliphatic carbocycles. The number of nitriles is 1. The van der Waals surface area contributed by atoms with Crippen LogP contribution in [0.25, 0.3) is 0 Å². The van der Waals surface area contributed by atoms with Crippen molar-refractivity contribution in [3.63, 3.8) is 0 Å². The number of phenolic OH excluding ortho intramolecular Hbond substituents is 1. The van der Waals surface area contributed by atoms with E-state index >= 15 is 0 Å². The highest BCUT2D eigenvalue weighted by molar-refractivity contribution is 6.06. The molecule has 0 aliphatic heterocycles. The largest absolute Gasteiger partial charge is 0.508 e. The Labute approximate surface area is 165 Å². The van der Waals surface area contributed by atoms with Crippen LogP contribution in [0.5, 0.6) is 5.75 Å².